The number of benzene rings is 1. The Morgan fingerprint density at radius 2 is 1.85 bits per heavy atom. The van der Waals surface area contributed by atoms with Crippen LogP contribution in [-0.4, -0.2) is 22.0 Å². The van der Waals surface area contributed by atoms with Gasteiger partial charge in [0.1, 0.15) is 4.21 Å². The second-order valence-corrected chi connectivity index (χ2v) is 7.55. The minimum Gasteiger partial charge on any atom is -0.319 e. The second kappa shape index (κ2) is 6.99. The third-order valence-corrected chi connectivity index (χ3v) is 5.87. The molecule has 0 atom stereocenters. The van der Waals surface area contributed by atoms with E-state index in [2.05, 4.69) is 10.0 Å². The van der Waals surface area contributed by atoms with Crippen LogP contribution in [0.4, 0.5) is 0 Å². The Labute approximate surface area is 123 Å². The molecule has 20 heavy (non-hydrogen) atoms. The van der Waals surface area contributed by atoms with Gasteiger partial charge in [-0.05, 0) is 37.7 Å². The number of thiophene rings is 1. The van der Waals surface area contributed by atoms with Crippen molar-refractivity contribution in [2.24, 2.45) is 0 Å². The minimum atomic E-state index is -3.41. The summed E-state index contributed by atoms with van der Waals surface area (Å²) in [7, 11) is -1.53. The molecule has 2 N–H and O–H groups in total. The van der Waals surface area contributed by atoms with Crippen LogP contribution in [0.1, 0.15) is 10.4 Å². The summed E-state index contributed by atoms with van der Waals surface area (Å²) < 4.78 is 27.4. The Morgan fingerprint density at radius 3 is 2.55 bits per heavy atom. The molecule has 2 aromatic rings. The third-order valence-electron chi connectivity index (χ3n) is 2.83. The second-order valence-electron chi connectivity index (χ2n) is 4.38. The summed E-state index contributed by atoms with van der Waals surface area (Å²) in [6, 6.07) is 13.0. The van der Waals surface area contributed by atoms with Gasteiger partial charge >= 0.3 is 0 Å². The van der Waals surface area contributed by atoms with Crippen LogP contribution in [0.3, 0.4) is 0 Å². The zero-order valence-electron chi connectivity index (χ0n) is 11.3. The largest absolute Gasteiger partial charge is 0.319 e. The van der Waals surface area contributed by atoms with Crippen LogP contribution < -0.4 is 10.0 Å². The van der Waals surface area contributed by atoms with E-state index in [4.69, 9.17) is 0 Å². The predicted molar refractivity (Wildman–Crippen MR) is 82.4 cm³/mol. The van der Waals surface area contributed by atoms with Crippen LogP contribution in [0.25, 0.3) is 0 Å². The van der Waals surface area contributed by atoms with Crippen molar-refractivity contribution in [2.45, 2.75) is 17.2 Å². The van der Waals surface area contributed by atoms with Gasteiger partial charge in [-0.2, -0.15) is 0 Å². The molecule has 4 nitrogen and oxygen atoms in total. The number of hydrogen-bond donors (Lipinski definition) is 2. The number of rotatable bonds is 7. The predicted octanol–water partition coefficient (Wildman–Crippen LogP) is 1.99. The molecule has 1 aromatic carbocycles. The fourth-order valence-electron chi connectivity index (χ4n) is 1.73. The Hall–Kier alpha value is -1.21. The van der Waals surface area contributed by atoms with Crippen molar-refractivity contribution in [1.29, 1.82) is 0 Å². The first-order valence-electron chi connectivity index (χ1n) is 6.39. The zero-order chi connectivity index (χ0) is 14.4. The average molecular weight is 310 g/mol. The molecule has 0 saturated carbocycles. The molecule has 1 heterocycles. The van der Waals surface area contributed by atoms with Gasteiger partial charge in [0.25, 0.3) is 0 Å². The van der Waals surface area contributed by atoms with Gasteiger partial charge in [0.15, 0.2) is 0 Å². The van der Waals surface area contributed by atoms with E-state index in [-0.39, 0.29) is 0 Å². The first kappa shape index (κ1) is 15.2. The summed E-state index contributed by atoms with van der Waals surface area (Å²) >= 11 is 1.32. The summed E-state index contributed by atoms with van der Waals surface area (Å²) in [5.74, 6) is 0. The van der Waals surface area contributed by atoms with Crippen LogP contribution in [0.2, 0.25) is 0 Å². The molecule has 0 bridgehead atoms. The summed E-state index contributed by atoms with van der Waals surface area (Å²) in [5.41, 5.74) is 0.947. The van der Waals surface area contributed by atoms with Gasteiger partial charge in [-0.1, -0.05) is 30.3 Å². The lowest BCUT2D eigenvalue weighted by molar-refractivity contribution is 0.583. The molecule has 0 aliphatic carbocycles. The molecule has 0 radical (unpaired) electrons. The van der Waals surface area contributed by atoms with E-state index in [9.17, 15) is 8.42 Å². The standard InChI is InChI=1S/C14H18N2O2S2/c1-15-10-9-13-7-8-14(19-13)20(17,18)16-11-12-5-3-2-4-6-12/h2-8,15-16H,9-11H2,1H3. The molecule has 6 heteroatoms. The molecule has 0 spiro atoms. The fourth-order valence-corrected chi connectivity index (χ4v) is 4.15. The van der Waals surface area contributed by atoms with Crippen molar-refractivity contribution < 1.29 is 8.42 Å². The third kappa shape index (κ3) is 4.14. The van der Waals surface area contributed by atoms with Crippen molar-refractivity contribution in [3.8, 4) is 0 Å². The molecule has 1 aromatic heterocycles. The lowest BCUT2D eigenvalue weighted by Gasteiger charge is -2.04. The van der Waals surface area contributed by atoms with Crippen molar-refractivity contribution in [1.82, 2.24) is 10.0 Å². The minimum absolute atomic E-state index is 0.312. The van der Waals surface area contributed by atoms with Crippen molar-refractivity contribution >= 4 is 21.4 Å². The van der Waals surface area contributed by atoms with Gasteiger partial charge < -0.3 is 5.32 Å². The molecule has 0 aliphatic rings. The first-order chi connectivity index (χ1) is 9.62. The smallest absolute Gasteiger partial charge is 0.250 e. The zero-order valence-corrected chi connectivity index (χ0v) is 12.9. The lowest BCUT2D eigenvalue weighted by Crippen LogP contribution is -2.22. The van der Waals surface area contributed by atoms with Crippen LogP contribution in [0, 0.1) is 0 Å². The molecule has 0 aliphatic heterocycles. The Morgan fingerprint density at radius 1 is 1.10 bits per heavy atom. The maximum absolute atomic E-state index is 12.2. The van der Waals surface area contributed by atoms with Crippen LogP contribution in [0.5, 0.6) is 0 Å². The van der Waals surface area contributed by atoms with Crippen molar-refractivity contribution in [3.63, 3.8) is 0 Å². The molecule has 0 amide bonds. The lowest BCUT2D eigenvalue weighted by atomic mass is 10.2. The van der Waals surface area contributed by atoms with Gasteiger partial charge in [0, 0.05) is 11.4 Å². The highest BCUT2D eigenvalue weighted by Crippen LogP contribution is 2.21. The topological polar surface area (TPSA) is 58.2 Å². The van der Waals surface area contributed by atoms with E-state index < -0.39 is 10.0 Å². The summed E-state index contributed by atoms with van der Waals surface area (Å²) in [5, 5.41) is 3.05. The molecule has 108 valence electrons. The quantitative estimate of drug-likeness (QED) is 0.822. The van der Waals surface area contributed by atoms with E-state index in [1.807, 2.05) is 43.4 Å². The highest BCUT2D eigenvalue weighted by Gasteiger charge is 2.16. The van der Waals surface area contributed by atoms with E-state index in [0.717, 1.165) is 23.4 Å². The first-order valence-corrected chi connectivity index (χ1v) is 8.69. The van der Waals surface area contributed by atoms with Crippen LogP contribution >= 0.6 is 11.3 Å². The van der Waals surface area contributed by atoms with Crippen LogP contribution in [0.15, 0.2) is 46.7 Å². The van der Waals surface area contributed by atoms with E-state index in [1.165, 1.54) is 11.3 Å². The average Bonchev–Trinajstić information content (AvgIpc) is 2.94. The van der Waals surface area contributed by atoms with Gasteiger partial charge in [-0.3, -0.25) is 0 Å². The monoisotopic (exact) mass is 310 g/mol. The summed E-state index contributed by atoms with van der Waals surface area (Å²) in [6.45, 7) is 1.16. The Kier molecular flexibility index (Phi) is 5.31. The van der Waals surface area contributed by atoms with E-state index in [1.54, 1.807) is 6.07 Å². The molecule has 2 rings (SSSR count). The SMILES string of the molecule is CNCCc1ccc(S(=O)(=O)NCc2ccccc2)s1. The van der Waals surface area contributed by atoms with Gasteiger partial charge in [-0.25, -0.2) is 13.1 Å². The van der Waals surface area contributed by atoms with Gasteiger partial charge in [-0.15, -0.1) is 11.3 Å². The molecule has 0 unspecified atom stereocenters. The Bertz CT molecular complexity index is 636. The van der Waals surface area contributed by atoms with Gasteiger partial charge in [0.2, 0.25) is 10.0 Å². The highest BCUT2D eigenvalue weighted by molar-refractivity contribution is 7.91. The number of nitrogens with one attached hydrogen (secondary N) is 2. The fraction of sp³-hybridized carbons (Fsp3) is 0.286. The van der Waals surface area contributed by atoms with Crippen LogP contribution in [-0.2, 0) is 23.0 Å². The van der Waals surface area contributed by atoms with Gasteiger partial charge in [0.05, 0.1) is 0 Å². The summed E-state index contributed by atoms with van der Waals surface area (Å²) in [4.78, 5) is 1.07. The maximum atomic E-state index is 12.2. The molecular weight excluding hydrogens is 292 g/mol. The van der Waals surface area contributed by atoms with Crippen molar-refractivity contribution in [2.75, 3.05) is 13.6 Å². The number of hydrogen-bond acceptors (Lipinski definition) is 4. The molecule has 0 saturated heterocycles. The maximum Gasteiger partial charge on any atom is 0.250 e. The number of likely N-dealkylation sites (N-methyl/N-ethyl adjacent to an activating group) is 1. The number of sulfonamides is 1. The Balaban J connectivity index is 2.01. The summed E-state index contributed by atoms with van der Waals surface area (Å²) in [6.07, 6.45) is 0.843. The van der Waals surface area contributed by atoms with E-state index >= 15 is 0 Å². The molecular formula is C14H18N2O2S2. The normalized spacial score (nSPS) is 11.7. The van der Waals surface area contributed by atoms with Crippen molar-refractivity contribution in [3.05, 3.63) is 52.9 Å². The van der Waals surface area contributed by atoms with E-state index in [0.29, 0.717) is 10.8 Å². The molecule has 0 fully saturated rings. The highest BCUT2D eigenvalue weighted by atomic mass is 32.2.